The van der Waals surface area contributed by atoms with Gasteiger partial charge in [-0.25, -0.2) is 19.9 Å². The number of rotatable bonds is 6. The van der Waals surface area contributed by atoms with Crippen molar-refractivity contribution in [3.05, 3.63) is 34.3 Å². The van der Waals surface area contributed by atoms with Gasteiger partial charge >= 0.3 is 5.69 Å². The second kappa shape index (κ2) is 8.21. The van der Waals surface area contributed by atoms with Gasteiger partial charge in [-0.15, -0.1) is 0 Å². The van der Waals surface area contributed by atoms with Crippen molar-refractivity contribution in [1.82, 2.24) is 29.6 Å². The first-order valence-electron chi connectivity index (χ1n) is 10.1. The van der Waals surface area contributed by atoms with Crippen molar-refractivity contribution in [2.45, 2.75) is 52.1 Å². The van der Waals surface area contributed by atoms with Crippen LogP contribution in [0, 0.1) is 5.92 Å². The highest BCUT2D eigenvalue weighted by atomic mass is 16.1. The molecule has 2 aliphatic rings. The number of aromatic nitrogens is 5. The molecule has 8 heteroatoms. The van der Waals surface area contributed by atoms with E-state index in [0.717, 1.165) is 63.8 Å². The molecule has 0 atom stereocenters. The van der Waals surface area contributed by atoms with Gasteiger partial charge in [0.05, 0.1) is 0 Å². The molecule has 0 bridgehead atoms. The number of hydrogen-bond donors (Lipinski definition) is 1. The molecule has 8 nitrogen and oxygen atoms in total. The lowest BCUT2D eigenvalue weighted by Gasteiger charge is -2.31. The molecule has 4 heterocycles. The summed E-state index contributed by atoms with van der Waals surface area (Å²) < 4.78 is 1.74. The Morgan fingerprint density at radius 3 is 2.48 bits per heavy atom. The average molecular weight is 371 g/mol. The molecule has 2 aliphatic heterocycles. The zero-order valence-corrected chi connectivity index (χ0v) is 16.1. The van der Waals surface area contributed by atoms with Crippen LogP contribution in [0.25, 0.3) is 0 Å². The zero-order valence-electron chi connectivity index (χ0n) is 16.1. The van der Waals surface area contributed by atoms with Gasteiger partial charge in [-0.3, -0.25) is 9.47 Å². The number of anilines is 1. The number of nitrogens with one attached hydrogen (secondary N) is 1. The summed E-state index contributed by atoms with van der Waals surface area (Å²) in [5.41, 5.74) is 1.09. The third-order valence-electron chi connectivity index (χ3n) is 5.82. The minimum Gasteiger partial charge on any atom is -0.341 e. The fraction of sp³-hybridized carbons (Fsp3) is 0.684. The van der Waals surface area contributed by atoms with Crippen LogP contribution >= 0.6 is 0 Å². The van der Waals surface area contributed by atoms with Crippen LogP contribution < -0.4 is 10.6 Å². The van der Waals surface area contributed by atoms with E-state index in [1.807, 2.05) is 19.3 Å². The summed E-state index contributed by atoms with van der Waals surface area (Å²) in [4.78, 5) is 25.6. The largest absolute Gasteiger partial charge is 0.343 e. The molecule has 2 aromatic heterocycles. The third-order valence-corrected chi connectivity index (χ3v) is 5.82. The first-order chi connectivity index (χ1) is 13.2. The lowest BCUT2D eigenvalue weighted by atomic mass is 9.93. The van der Waals surface area contributed by atoms with Crippen molar-refractivity contribution in [2.75, 3.05) is 31.1 Å². The first-order valence-corrected chi connectivity index (χ1v) is 10.1. The van der Waals surface area contributed by atoms with Crippen LogP contribution in [-0.4, -0.2) is 55.8 Å². The molecule has 1 N–H and O–H groups in total. The van der Waals surface area contributed by atoms with Gasteiger partial charge in [0.25, 0.3) is 0 Å². The van der Waals surface area contributed by atoms with Gasteiger partial charge in [0.1, 0.15) is 5.82 Å². The van der Waals surface area contributed by atoms with Crippen LogP contribution in [-0.2, 0) is 19.5 Å². The number of aromatic amines is 1. The van der Waals surface area contributed by atoms with Crippen LogP contribution in [0.5, 0.6) is 0 Å². The number of hydrogen-bond acceptors (Lipinski definition) is 6. The molecular weight excluding hydrogens is 342 g/mol. The van der Waals surface area contributed by atoms with Gasteiger partial charge in [0.2, 0.25) is 5.95 Å². The molecule has 0 radical (unpaired) electrons. The standard InChI is InChI=1S/C19H29N7O/c1-2-26-17(22-23-19(26)27)11-15-5-9-24(10-6-15)14-16-12-20-18(21-13-16)25-7-3-4-8-25/h12-13,15H,2-11,14H2,1H3,(H,23,27). The zero-order chi connectivity index (χ0) is 18.6. The Labute approximate surface area is 159 Å². The van der Waals surface area contributed by atoms with Gasteiger partial charge in [0, 0.05) is 50.6 Å². The van der Waals surface area contributed by atoms with Gasteiger partial charge in [-0.1, -0.05) is 0 Å². The van der Waals surface area contributed by atoms with Crippen molar-refractivity contribution < 1.29 is 0 Å². The maximum Gasteiger partial charge on any atom is 0.343 e. The summed E-state index contributed by atoms with van der Waals surface area (Å²) in [5.74, 6) is 2.36. The summed E-state index contributed by atoms with van der Waals surface area (Å²) >= 11 is 0. The molecule has 146 valence electrons. The fourth-order valence-electron chi connectivity index (χ4n) is 4.21. The maximum absolute atomic E-state index is 11.7. The Bertz CT molecular complexity index is 783. The number of likely N-dealkylation sites (tertiary alicyclic amines) is 1. The average Bonchev–Trinajstić information content (AvgIpc) is 3.34. The topological polar surface area (TPSA) is 82.9 Å². The van der Waals surface area contributed by atoms with Crippen LogP contribution in [0.1, 0.15) is 44.0 Å². The highest BCUT2D eigenvalue weighted by Crippen LogP contribution is 2.22. The second-order valence-electron chi connectivity index (χ2n) is 7.70. The summed E-state index contributed by atoms with van der Waals surface area (Å²) in [6.07, 6.45) is 9.61. The molecule has 4 rings (SSSR count). The van der Waals surface area contributed by atoms with Crippen molar-refractivity contribution in [3.8, 4) is 0 Å². The number of H-pyrrole nitrogens is 1. The molecule has 0 saturated carbocycles. The van der Waals surface area contributed by atoms with Gasteiger partial charge < -0.3 is 4.90 Å². The highest BCUT2D eigenvalue weighted by molar-refractivity contribution is 5.30. The van der Waals surface area contributed by atoms with Crippen LogP contribution in [0.2, 0.25) is 0 Å². The van der Waals surface area contributed by atoms with Crippen molar-refractivity contribution in [2.24, 2.45) is 5.92 Å². The van der Waals surface area contributed by atoms with Gasteiger partial charge in [-0.05, 0) is 51.6 Å². The lowest BCUT2D eigenvalue weighted by Crippen LogP contribution is -2.34. The van der Waals surface area contributed by atoms with Crippen molar-refractivity contribution >= 4 is 5.95 Å². The molecule has 2 saturated heterocycles. The molecule has 27 heavy (non-hydrogen) atoms. The van der Waals surface area contributed by atoms with Crippen LogP contribution in [0.4, 0.5) is 5.95 Å². The molecular formula is C19H29N7O. The Balaban J connectivity index is 1.27. The normalized spacial score (nSPS) is 19.1. The van der Waals surface area contributed by atoms with Crippen molar-refractivity contribution in [1.29, 1.82) is 0 Å². The number of piperidine rings is 1. The second-order valence-corrected chi connectivity index (χ2v) is 7.70. The molecule has 2 aromatic rings. The van der Waals surface area contributed by atoms with E-state index < -0.39 is 0 Å². The molecule has 2 fully saturated rings. The molecule has 0 amide bonds. The van der Waals surface area contributed by atoms with E-state index in [2.05, 4.69) is 30.0 Å². The molecule has 0 spiro atoms. The Morgan fingerprint density at radius 1 is 1.11 bits per heavy atom. The predicted octanol–water partition coefficient (Wildman–Crippen LogP) is 1.44. The van der Waals surface area contributed by atoms with E-state index >= 15 is 0 Å². The Morgan fingerprint density at radius 2 is 1.81 bits per heavy atom. The van der Waals surface area contributed by atoms with E-state index in [4.69, 9.17) is 0 Å². The van der Waals surface area contributed by atoms with Gasteiger partial charge in [0.15, 0.2) is 0 Å². The van der Waals surface area contributed by atoms with E-state index in [0.29, 0.717) is 12.5 Å². The summed E-state index contributed by atoms with van der Waals surface area (Å²) in [6, 6.07) is 0. The number of nitrogens with zero attached hydrogens (tertiary/aromatic N) is 6. The predicted molar refractivity (Wildman–Crippen MR) is 104 cm³/mol. The summed E-state index contributed by atoms with van der Waals surface area (Å²) in [5, 5.41) is 6.77. The minimum atomic E-state index is -0.0951. The minimum absolute atomic E-state index is 0.0951. The van der Waals surface area contributed by atoms with Crippen LogP contribution in [0.15, 0.2) is 17.2 Å². The molecule has 0 aromatic carbocycles. The molecule has 0 unspecified atom stereocenters. The lowest BCUT2D eigenvalue weighted by molar-refractivity contribution is 0.175. The maximum atomic E-state index is 11.7. The quantitative estimate of drug-likeness (QED) is 0.827. The first kappa shape index (κ1) is 18.2. The summed E-state index contributed by atoms with van der Waals surface area (Å²) in [7, 11) is 0. The van der Waals surface area contributed by atoms with Crippen LogP contribution in [0.3, 0.4) is 0 Å². The van der Waals surface area contributed by atoms with Crippen molar-refractivity contribution in [3.63, 3.8) is 0 Å². The fourth-order valence-corrected chi connectivity index (χ4v) is 4.21. The SMILES string of the molecule is CCn1c(CC2CCN(Cc3cnc(N4CCCC4)nc3)CC2)n[nH]c1=O. The Hall–Kier alpha value is -2.22. The third kappa shape index (κ3) is 4.21. The van der Waals surface area contributed by atoms with E-state index in [-0.39, 0.29) is 5.69 Å². The smallest absolute Gasteiger partial charge is 0.341 e. The Kier molecular flexibility index (Phi) is 5.52. The van der Waals surface area contributed by atoms with E-state index in [1.54, 1.807) is 4.57 Å². The summed E-state index contributed by atoms with van der Waals surface area (Å²) in [6.45, 7) is 7.87. The highest BCUT2D eigenvalue weighted by Gasteiger charge is 2.22. The van der Waals surface area contributed by atoms with E-state index in [1.165, 1.54) is 18.4 Å². The van der Waals surface area contributed by atoms with E-state index in [9.17, 15) is 4.79 Å². The molecule has 0 aliphatic carbocycles. The monoisotopic (exact) mass is 371 g/mol. The van der Waals surface area contributed by atoms with Gasteiger partial charge in [-0.2, -0.15) is 5.10 Å².